The quantitative estimate of drug-likeness (QED) is 0.923. The summed E-state index contributed by atoms with van der Waals surface area (Å²) >= 11 is 9.47. The number of carbonyl (C=O) groups is 1. The molecule has 15 heavy (non-hydrogen) atoms. The van der Waals surface area contributed by atoms with E-state index in [1.807, 2.05) is 18.2 Å². The molecule has 1 saturated carbocycles. The fraction of sp³-hybridized carbons (Fsp3) is 0.364. The first-order valence-electron chi connectivity index (χ1n) is 4.71. The van der Waals surface area contributed by atoms with E-state index in [9.17, 15) is 4.79 Å². The second-order valence-corrected chi connectivity index (χ2v) is 5.30. The molecule has 2 rings (SSSR count). The number of benzene rings is 1. The van der Waals surface area contributed by atoms with Crippen molar-refractivity contribution < 1.29 is 9.90 Å². The van der Waals surface area contributed by atoms with Crippen molar-refractivity contribution in [1.29, 1.82) is 0 Å². The first-order valence-corrected chi connectivity index (χ1v) is 5.88. The van der Waals surface area contributed by atoms with Gasteiger partial charge in [0.05, 0.1) is 6.42 Å². The summed E-state index contributed by atoms with van der Waals surface area (Å²) in [7, 11) is 0. The summed E-state index contributed by atoms with van der Waals surface area (Å²) in [4.78, 5) is 10.8. The fourth-order valence-electron chi connectivity index (χ4n) is 1.89. The maximum absolute atomic E-state index is 10.8. The molecule has 1 aromatic carbocycles. The van der Waals surface area contributed by atoms with Crippen LogP contribution in [0.25, 0.3) is 0 Å². The lowest BCUT2D eigenvalue weighted by Crippen LogP contribution is -2.13. The van der Waals surface area contributed by atoms with Gasteiger partial charge in [-0.05, 0) is 36.6 Å². The van der Waals surface area contributed by atoms with Gasteiger partial charge in [0.25, 0.3) is 0 Å². The molecule has 0 saturated heterocycles. The summed E-state index contributed by atoms with van der Waals surface area (Å²) < 4.78 is 0.943. The predicted molar refractivity (Wildman–Crippen MR) is 62.3 cm³/mol. The lowest BCUT2D eigenvalue weighted by Gasteiger charge is -2.15. The second kappa shape index (κ2) is 3.80. The minimum absolute atomic E-state index is 0.170. The number of carboxylic acid groups (broad SMARTS) is 1. The minimum Gasteiger partial charge on any atom is -0.481 e. The third-order valence-electron chi connectivity index (χ3n) is 2.84. The average molecular weight is 290 g/mol. The highest BCUT2D eigenvalue weighted by Crippen LogP contribution is 2.53. The van der Waals surface area contributed by atoms with Crippen molar-refractivity contribution in [2.45, 2.75) is 24.7 Å². The average Bonchev–Trinajstić information content (AvgIpc) is 2.89. The molecule has 1 aromatic rings. The van der Waals surface area contributed by atoms with Crippen LogP contribution in [0.4, 0.5) is 0 Å². The van der Waals surface area contributed by atoms with Gasteiger partial charge in [-0.25, -0.2) is 0 Å². The Morgan fingerprint density at radius 2 is 2.20 bits per heavy atom. The second-order valence-electron chi connectivity index (χ2n) is 3.98. The normalized spacial score (nSPS) is 17.5. The summed E-state index contributed by atoms with van der Waals surface area (Å²) in [6, 6.07) is 5.60. The zero-order valence-electron chi connectivity index (χ0n) is 7.96. The highest BCUT2D eigenvalue weighted by molar-refractivity contribution is 9.10. The van der Waals surface area contributed by atoms with Gasteiger partial charge in [0.2, 0.25) is 0 Å². The molecule has 0 aromatic heterocycles. The zero-order chi connectivity index (χ0) is 11.1. The van der Waals surface area contributed by atoms with Crippen LogP contribution in [0, 0.1) is 0 Å². The lowest BCUT2D eigenvalue weighted by molar-refractivity contribution is -0.137. The van der Waals surface area contributed by atoms with Crippen molar-refractivity contribution in [2.75, 3.05) is 0 Å². The first-order chi connectivity index (χ1) is 7.03. The molecule has 1 N–H and O–H groups in total. The lowest BCUT2D eigenvalue weighted by atomic mass is 9.92. The summed E-state index contributed by atoms with van der Waals surface area (Å²) in [5.41, 5.74) is 0.744. The van der Waals surface area contributed by atoms with Crippen LogP contribution in [0.3, 0.4) is 0 Å². The highest BCUT2D eigenvalue weighted by atomic mass is 79.9. The van der Waals surface area contributed by atoms with E-state index in [-0.39, 0.29) is 11.8 Å². The summed E-state index contributed by atoms with van der Waals surface area (Å²) in [6.45, 7) is 0. The van der Waals surface area contributed by atoms with Crippen LogP contribution in [0.5, 0.6) is 0 Å². The van der Waals surface area contributed by atoms with Crippen LogP contribution >= 0.6 is 27.5 Å². The van der Waals surface area contributed by atoms with Crippen LogP contribution in [-0.4, -0.2) is 11.1 Å². The largest absolute Gasteiger partial charge is 0.481 e. The highest BCUT2D eigenvalue weighted by Gasteiger charge is 2.47. The Bertz CT molecular complexity index is 413. The molecule has 0 radical (unpaired) electrons. The van der Waals surface area contributed by atoms with Gasteiger partial charge in [0.1, 0.15) is 0 Å². The van der Waals surface area contributed by atoms with Crippen LogP contribution in [-0.2, 0) is 10.2 Å². The molecule has 0 heterocycles. The minimum atomic E-state index is -0.761. The van der Waals surface area contributed by atoms with E-state index in [1.165, 1.54) is 0 Å². The standard InChI is InChI=1S/C11H10BrClO2/c12-7-1-2-9(13)8(5-7)11(3-4-11)6-10(14)15/h1-2,5H,3-4,6H2,(H,14,15). The Morgan fingerprint density at radius 1 is 1.53 bits per heavy atom. The van der Waals surface area contributed by atoms with Gasteiger partial charge in [0, 0.05) is 14.9 Å². The number of hydrogen-bond acceptors (Lipinski definition) is 1. The third-order valence-corrected chi connectivity index (χ3v) is 3.67. The van der Waals surface area contributed by atoms with E-state index in [0.29, 0.717) is 5.02 Å². The Morgan fingerprint density at radius 3 is 2.73 bits per heavy atom. The van der Waals surface area contributed by atoms with E-state index in [2.05, 4.69) is 15.9 Å². The maximum Gasteiger partial charge on any atom is 0.304 e. The fourth-order valence-corrected chi connectivity index (χ4v) is 2.56. The molecule has 1 aliphatic carbocycles. The topological polar surface area (TPSA) is 37.3 Å². The number of rotatable bonds is 3. The molecular weight excluding hydrogens is 279 g/mol. The zero-order valence-corrected chi connectivity index (χ0v) is 10.3. The molecule has 80 valence electrons. The van der Waals surface area contributed by atoms with Crippen molar-refractivity contribution in [3.8, 4) is 0 Å². The molecule has 0 amide bonds. The summed E-state index contributed by atoms with van der Waals surface area (Å²) in [6.07, 6.45) is 1.99. The van der Waals surface area contributed by atoms with Crippen LogP contribution in [0.1, 0.15) is 24.8 Å². The number of aliphatic carboxylic acids is 1. The number of halogens is 2. The van der Waals surface area contributed by atoms with Gasteiger partial charge >= 0.3 is 5.97 Å². The predicted octanol–water partition coefficient (Wildman–Crippen LogP) is 3.61. The Hall–Kier alpha value is -0.540. The molecule has 0 aliphatic heterocycles. The smallest absolute Gasteiger partial charge is 0.304 e. The summed E-state index contributed by atoms with van der Waals surface area (Å²) in [5.74, 6) is -0.761. The Balaban J connectivity index is 2.36. The monoisotopic (exact) mass is 288 g/mol. The van der Waals surface area contributed by atoms with Gasteiger partial charge in [-0.3, -0.25) is 4.79 Å². The maximum atomic E-state index is 10.8. The van der Waals surface area contributed by atoms with E-state index < -0.39 is 5.97 Å². The van der Waals surface area contributed by atoms with Gasteiger partial charge < -0.3 is 5.11 Å². The van der Waals surface area contributed by atoms with Crippen molar-refractivity contribution >= 4 is 33.5 Å². The van der Waals surface area contributed by atoms with Crippen LogP contribution < -0.4 is 0 Å². The molecule has 4 heteroatoms. The molecule has 0 unspecified atom stereocenters. The van der Waals surface area contributed by atoms with E-state index in [0.717, 1.165) is 22.9 Å². The van der Waals surface area contributed by atoms with E-state index >= 15 is 0 Å². The van der Waals surface area contributed by atoms with Gasteiger partial charge in [-0.15, -0.1) is 0 Å². The van der Waals surface area contributed by atoms with Crippen LogP contribution in [0.15, 0.2) is 22.7 Å². The molecule has 1 fully saturated rings. The molecule has 1 aliphatic rings. The van der Waals surface area contributed by atoms with Gasteiger partial charge in [-0.2, -0.15) is 0 Å². The van der Waals surface area contributed by atoms with Gasteiger partial charge in [0.15, 0.2) is 0 Å². The van der Waals surface area contributed by atoms with E-state index in [1.54, 1.807) is 0 Å². The molecular formula is C11H10BrClO2. The number of hydrogen-bond donors (Lipinski definition) is 1. The first kappa shape index (κ1) is 11.0. The Labute approximate surface area is 101 Å². The molecule has 0 bridgehead atoms. The SMILES string of the molecule is O=C(O)CC1(c2cc(Br)ccc2Cl)CC1. The van der Waals surface area contributed by atoms with E-state index in [4.69, 9.17) is 16.7 Å². The Kier molecular flexibility index (Phi) is 2.77. The van der Waals surface area contributed by atoms with Crippen molar-refractivity contribution in [2.24, 2.45) is 0 Å². The van der Waals surface area contributed by atoms with Crippen LogP contribution in [0.2, 0.25) is 5.02 Å². The molecule has 2 nitrogen and oxygen atoms in total. The molecule has 0 atom stereocenters. The number of carboxylic acids is 1. The van der Waals surface area contributed by atoms with Crippen molar-refractivity contribution in [3.05, 3.63) is 33.3 Å². The summed E-state index contributed by atoms with van der Waals surface area (Å²) in [5, 5.41) is 9.52. The van der Waals surface area contributed by atoms with Crippen molar-refractivity contribution in [1.82, 2.24) is 0 Å². The molecule has 0 spiro atoms. The van der Waals surface area contributed by atoms with Crippen molar-refractivity contribution in [3.63, 3.8) is 0 Å². The third kappa shape index (κ3) is 2.18. The van der Waals surface area contributed by atoms with Gasteiger partial charge in [-0.1, -0.05) is 27.5 Å².